The fourth-order valence-corrected chi connectivity index (χ4v) is 2.70. The second-order valence-electron chi connectivity index (χ2n) is 5.11. The van der Waals surface area contributed by atoms with Gasteiger partial charge in [0, 0.05) is 6.07 Å². The molecule has 0 amide bonds. The van der Waals surface area contributed by atoms with E-state index in [1.54, 1.807) is 12.1 Å². The van der Waals surface area contributed by atoms with E-state index in [2.05, 4.69) is 0 Å². The van der Waals surface area contributed by atoms with Crippen molar-refractivity contribution in [3.63, 3.8) is 0 Å². The Hall–Kier alpha value is -1.62. The van der Waals surface area contributed by atoms with Crippen molar-refractivity contribution in [1.82, 2.24) is 0 Å². The van der Waals surface area contributed by atoms with Crippen LogP contribution in [0.25, 0.3) is 0 Å². The van der Waals surface area contributed by atoms with E-state index < -0.39 is 4.92 Å². The molecule has 1 aliphatic carbocycles. The molecule has 0 aliphatic heterocycles. The third kappa shape index (κ3) is 3.67. The fraction of sp³-hybridized carbons (Fsp3) is 0.571. The van der Waals surface area contributed by atoms with Gasteiger partial charge in [0.25, 0.3) is 5.69 Å². The van der Waals surface area contributed by atoms with E-state index in [0.29, 0.717) is 30.7 Å². The summed E-state index contributed by atoms with van der Waals surface area (Å²) >= 11 is 0. The largest absolute Gasteiger partial charge is 0.493 e. The molecule has 1 aliphatic rings. The van der Waals surface area contributed by atoms with E-state index in [0.717, 1.165) is 6.42 Å². The third-order valence-corrected chi connectivity index (χ3v) is 3.86. The van der Waals surface area contributed by atoms with Gasteiger partial charge in [0.15, 0.2) is 0 Å². The van der Waals surface area contributed by atoms with Crippen molar-refractivity contribution in [2.45, 2.75) is 25.7 Å². The highest BCUT2D eigenvalue weighted by Gasteiger charge is 2.24. The molecule has 5 heteroatoms. The molecule has 19 heavy (non-hydrogen) atoms. The first-order chi connectivity index (χ1) is 9.20. The van der Waals surface area contributed by atoms with Crippen LogP contribution in [-0.4, -0.2) is 18.1 Å². The Labute approximate surface area is 112 Å². The highest BCUT2D eigenvalue weighted by Crippen LogP contribution is 2.30. The first kappa shape index (κ1) is 13.8. The van der Waals surface area contributed by atoms with Crippen molar-refractivity contribution in [2.24, 2.45) is 17.6 Å². The van der Waals surface area contributed by atoms with Crippen LogP contribution >= 0.6 is 0 Å². The van der Waals surface area contributed by atoms with E-state index in [-0.39, 0.29) is 5.69 Å². The molecule has 1 aromatic carbocycles. The summed E-state index contributed by atoms with van der Waals surface area (Å²) < 4.78 is 5.71. The van der Waals surface area contributed by atoms with E-state index in [4.69, 9.17) is 10.5 Å². The molecule has 1 saturated carbocycles. The summed E-state index contributed by atoms with van der Waals surface area (Å²) in [4.78, 5) is 10.3. The van der Waals surface area contributed by atoms with Crippen molar-refractivity contribution in [3.8, 4) is 5.75 Å². The van der Waals surface area contributed by atoms with Gasteiger partial charge in [0.2, 0.25) is 0 Å². The molecular formula is C14H20N2O3. The predicted molar refractivity (Wildman–Crippen MR) is 73.1 cm³/mol. The van der Waals surface area contributed by atoms with Gasteiger partial charge in [0.1, 0.15) is 5.75 Å². The molecule has 2 atom stereocenters. The summed E-state index contributed by atoms with van der Waals surface area (Å²) in [6.07, 6.45) is 4.77. The standard InChI is InChI=1S/C14H20N2O3/c15-9-11-4-1-2-5-12(11)10-19-14-7-3-6-13(8-14)16(17)18/h3,6-8,11-12H,1-2,4-5,9-10,15H2. The van der Waals surface area contributed by atoms with E-state index >= 15 is 0 Å². The molecule has 2 rings (SSSR count). The van der Waals surface area contributed by atoms with Crippen LogP contribution in [-0.2, 0) is 0 Å². The molecule has 0 aromatic heterocycles. The third-order valence-electron chi connectivity index (χ3n) is 3.86. The number of nitrogens with zero attached hydrogens (tertiary/aromatic N) is 1. The second kappa shape index (κ2) is 6.52. The topological polar surface area (TPSA) is 78.4 Å². The lowest BCUT2D eigenvalue weighted by Gasteiger charge is -2.30. The summed E-state index contributed by atoms with van der Waals surface area (Å²) in [5.74, 6) is 1.56. The van der Waals surface area contributed by atoms with Crippen LogP contribution in [0.15, 0.2) is 24.3 Å². The number of nitrogens with two attached hydrogens (primary N) is 1. The van der Waals surface area contributed by atoms with Gasteiger partial charge in [-0.25, -0.2) is 0 Å². The van der Waals surface area contributed by atoms with Gasteiger partial charge < -0.3 is 10.5 Å². The van der Waals surface area contributed by atoms with Gasteiger partial charge in [-0.05, 0) is 37.3 Å². The normalized spacial score (nSPS) is 23.0. The maximum atomic E-state index is 10.7. The van der Waals surface area contributed by atoms with Gasteiger partial charge in [0.05, 0.1) is 17.6 Å². The maximum absolute atomic E-state index is 10.7. The lowest BCUT2D eigenvalue weighted by Crippen LogP contribution is -2.30. The van der Waals surface area contributed by atoms with E-state index in [1.807, 2.05) is 0 Å². The average molecular weight is 264 g/mol. The SMILES string of the molecule is NCC1CCCCC1COc1cccc([N+](=O)[O-])c1. The summed E-state index contributed by atoms with van der Waals surface area (Å²) in [5, 5.41) is 10.7. The van der Waals surface area contributed by atoms with Gasteiger partial charge in [-0.1, -0.05) is 18.9 Å². The van der Waals surface area contributed by atoms with Gasteiger partial charge in [-0.2, -0.15) is 0 Å². The first-order valence-corrected chi connectivity index (χ1v) is 6.78. The monoisotopic (exact) mass is 264 g/mol. The number of benzene rings is 1. The number of ether oxygens (including phenoxy) is 1. The minimum atomic E-state index is -0.407. The molecule has 104 valence electrons. The van der Waals surface area contributed by atoms with E-state index in [9.17, 15) is 10.1 Å². The summed E-state index contributed by atoms with van der Waals surface area (Å²) in [6, 6.07) is 6.35. The molecular weight excluding hydrogens is 244 g/mol. The van der Waals surface area contributed by atoms with Crippen molar-refractivity contribution in [3.05, 3.63) is 34.4 Å². The highest BCUT2D eigenvalue weighted by atomic mass is 16.6. The Morgan fingerprint density at radius 1 is 1.32 bits per heavy atom. The molecule has 2 unspecified atom stereocenters. The molecule has 0 spiro atoms. The molecule has 0 heterocycles. The predicted octanol–water partition coefficient (Wildman–Crippen LogP) is 2.74. The smallest absolute Gasteiger partial charge is 0.273 e. The lowest BCUT2D eigenvalue weighted by atomic mass is 9.80. The lowest BCUT2D eigenvalue weighted by molar-refractivity contribution is -0.384. The number of non-ortho nitro benzene ring substituents is 1. The molecule has 0 radical (unpaired) electrons. The fourth-order valence-electron chi connectivity index (χ4n) is 2.70. The van der Waals surface area contributed by atoms with Crippen molar-refractivity contribution >= 4 is 5.69 Å². The minimum Gasteiger partial charge on any atom is -0.493 e. The average Bonchev–Trinajstić information content (AvgIpc) is 2.45. The van der Waals surface area contributed by atoms with Gasteiger partial charge in [-0.3, -0.25) is 10.1 Å². The summed E-state index contributed by atoms with van der Waals surface area (Å²) in [5.41, 5.74) is 5.85. The van der Waals surface area contributed by atoms with Gasteiger partial charge in [-0.15, -0.1) is 0 Å². The number of nitro benzene ring substituents is 1. The molecule has 5 nitrogen and oxygen atoms in total. The van der Waals surface area contributed by atoms with Crippen molar-refractivity contribution < 1.29 is 9.66 Å². The van der Waals surface area contributed by atoms with Crippen LogP contribution < -0.4 is 10.5 Å². The van der Waals surface area contributed by atoms with Crippen molar-refractivity contribution in [1.29, 1.82) is 0 Å². The van der Waals surface area contributed by atoms with Crippen molar-refractivity contribution in [2.75, 3.05) is 13.2 Å². The minimum absolute atomic E-state index is 0.0662. The summed E-state index contributed by atoms with van der Waals surface area (Å²) in [7, 11) is 0. The van der Waals surface area contributed by atoms with Gasteiger partial charge >= 0.3 is 0 Å². The first-order valence-electron chi connectivity index (χ1n) is 6.78. The summed E-state index contributed by atoms with van der Waals surface area (Å²) in [6.45, 7) is 1.30. The van der Waals surface area contributed by atoms with Crippen LogP contribution in [0.4, 0.5) is 5.69 Å². The Kier molecular flexibility index (Phi) is 4.74. The Bertz CT molecular complexity index is 436. The zero-order chi connectivity index (χ0) is 13.7. The van der Waals surface area contributed by atoms with Crippen LogP contribution in [0.1, 0.15) is 25.7 Å². The number of hydrogen-bond donors (Lipinski definition) is 1. The van der Waals surface area contributed by atoms with Crippen LogP contribution in [0, 0.1) is 22.0 Å². The number of nitro groups is 1. The zero-order valence-corrected chi connectivity index (χ0v) is 11.0. The molecule has 1 fully saturated rings. The molecule has 2 N–H and O–H groups in total. The van der Waals surface area contributed by atoms with E-state index in [1.165, 1.54) is 31.4 Å². The zero-order valence-electron chi connectivity index (χ0n) is 11.0. The second-order valence-corrected chi connectivity index (χ2v) is 5.11. The molecule has 1 aromatic rings. The van der Waals surface area contributed by atoms with Crippen LogP contribution in [0.2, 0.25) is 0 Å². The number of hydrogen-bond acceptors (Lipinski definition) is 4. The maximum Gasteiger partial charge on any atom is 0.273 e. The quantitative estimate of drug-likeness (QED) is 0.655. The highest BCUT2D eigenvalue weighted by molar-refractivity contribution is 5.37. The molecule has 0 bridgehead atoms. The van der Waals surface area contributed by atoms with Crippen LogP contribution in [0.3, 0.4) is 0 Å². The van der Waals surface area contributed by atoms with Crippen LogP contribution in [0.5, 0.6) is 5.75 Å². The Balaban J connectivity index is 1.94. The number of rotatable bonds is 5. The molecule has 0 saturated heterocycles. The Morgan fingerprint density at radius 2 is 2.05 bits per heavy atom. The Morgan fingerprint density at radius 3 is 2.74 bits per heavy atom.